The minimum Gasteiger partial charge on any atom is -0.396 e. The summed E-state index contributed by atoms with van der Waals surface area (Å²) in [5.74, 6) is 0. The standard InChI is InChI=1S/C12H16N2O2/c15-8-4-7-14-11(9-13-12(14)16)10-5-2-1-3-6-10/h1-3,5-6,11,15H,4,7-9H2,(H,13,16). The SMILES string of the molecule is O=C1NCC(c2ccccc2)N1CCCO. The molecule has 0 saturated carbocycles. The second kappa shape index (κ2) is 4.99. The van der Waals surface area contributed by atoms with Crippen molar-refractivity contribution < 1.29 is 9.90 Å². The molecule has 1 saturated heterocycles. The highest BCUT2D eigenvalue weighted by molar-refractivity contribution is 5.77. The molecule has 1 unspecified atom stereocenters. The zero-order valence-corrected chi connectivity index (χ0v) is 9.10. The number of nitrogens with zero attached hydrogens (tertiary/aromatic N) is 1. The normalized spacial score (nSPS) is 19.9. The van der Waals surface area contributed by atoms with E-state index in [1.807, 2.05) is 30.3 Å². The molecule has 0 bridgehead atoms. The summed E-state index contributed by atoms with van der Waals surface area (Å²) in [7, 11) is 0. The summed E-state index contributed by atoms with van der Waals surface area (Å²) in [6.07, 6.45) is 0.622. The van der Waals surface area contributed by atoms with Crippen LogP contribution in [-0.4, -0.2) is 35.7 Å². The van der Waals surface area contributed by atoms with Gasteiger partial charge in [0.25, 0.3) is 0 Å². The van der Waals surface area contributed by atoms with Crippen molar-refractivity contribution in [3.8, 4) is 0 Å². The first-order chi connectivity index (χ1) is 7.83. The van der Waals surface area contributed by atoms with Gasteiger partial charge < -0.3 is 15.3 Å². The first-order valence-corrected chi connectivity index (χ1v) is 5.53. The molecule has 86 valence electrons. The lowest BCUT2D eigenvalue weighted by atomic mass is 10.1. The molecule has 2 amide bonds. The quantitative estimate of drug-likeness (QED) is 0.799. The summed E-state index contributed by atoms with van der Waals surface area (Å²) < 4.78 is 0. The van der Waals surface area contributed by atoms with Crippen LogP contribution >= 0.6 is 0 Å². The number of aliphatic hydroxyl groups excluding tert-OH is 1. The Morgan fingerprint density at radius 2 is 2.12 bits per heavy atom. The largest absolute Gasteiger partial charge is 0.396 e. The van der Waals surface area contributed by atoms with Crippen molar-refractivity contribution in [1.29, 1.82) is 0 Å². The van der Waals surface area contributed by atoms with Crippen molar-refractivity contribution >= 4 is 6.03 Å². The van der Waals surface area contributed by atoms with E-state index in [1.165, 1.54) is 0 Å². The van der Waals surface area contributed by atoms with Gasteiger partial charge in [-0.15, -0.1) is 0 Å². The van der Waals surface area contributed by atoms with Gasteiger partial charge in [-0.05, 0) is 12.0 Å². The van der Waals surface area contributed by atoms with Crippen LogP contribution in [0, 0.1) is 0 Å². The predicted molar refractivity (Wildman–Crippen MR) is 61.0 cm³/mol. The number of nitrogens with one attached hydrogen (secondary N) is 1. The van der Waals surface area contributed by atoms with Gasteiger partial charge in [0.15, 0.2) is 0 Å². The van der Waals surface area contributed by atoms with Crippen molar-refractivity contribution in [2.45, 2.75) is 12.5 Å². The molecule has 1 aliphatic rings. The second-order valence-corrected chi connectivity index (χ2v) is 3.88. The minimum absolute atomic E-state index is 0.0395. The fourth-order valence-electron chi connectivity index (χ4n) is 2.01. The number of benzene rings is 1. The topological polar surface area (TPSA) is 52.6 Å². The molecule has 1 heterocycles. The van der Waals surface area contributed by atoms with E-state index in [0.717, 1.165) is 5.56 Å². The Bertz CT molecular complexity index is 353. The molecule has 1 aliphatic heterocycles. The minimum atomic E-state index is -0.0395. The zero-order valence-electron chi connectivity index (χ0n) is 9.10. The number of rotatable bonds is 4. The summed E-state index contributed by atoms with van der Waals surface area (Å²) in [6, 6.07) is 10.0. The Hall–Kier alpha value is -1.55. The van der Waals surface area contributed by atoms with Crippen LogP contribution in [0.1, 0.15) is 18.0 Å². The van der Waals surface area contributed by atoms with Crippen molar-refractivity contribution in [2.75, 3.05) is 19.7 Å². The molecule has 0 aromatic heterocycles. The van der Waals surface area contributed by atoms with E-state index >= 15 is 0 Å². The second-order valence-electron chi connectivity index (χ2n) is 3.88. The van der Waals surface area contributed by atoms with Crippen LogP contribution in [0.2, 0.25) is 0 Å². The van der Waals surface area contributed by atoms with Gasteiger partial charge in [0, 0.05) is 19.7 Å². The summed E-state index contributed by atoms with van der Waals surface area (Å²) in [5.41, 5.74) is 1.14. The Morgan fingerprint density at radius 1 is 1.38 bits per heavy atom. The Balaban J connectivity index is 2.11. The average molecular weight is 220 g/mol. The van der Waals surface area contributed by atoms with E-state index < -0.39 is 0 Å². The van der Waals surface area contributed by atoms with Gasteiger partial charge >= 0.3 is 6.03 Å². The third kappa shape index (κ3) is 2.17. The Kier molecular flexibility index (Phi) is 3.41. The van der Waals surface area contributed by atoms with Crippen LogP contribution in [0.25, 0.3) is 0 Å². The molecule has 4 heteroatoms. The predicted octanol–water partition coefficient (Wildman–Crippen LogP) is 1.14. The van der Waals surface area contributed by atoms with Crippen LogP contribution in [0.4, 0.5) is 4.79 Å². The van der Waals surface area contributed by atoms with E-state index in [2.05, 4.69) is 5.32 Å². The molecule has 0 spiro atoms. The molecular formula is C12H16N2O2. The van der Waals surface area contributed by atoms with Crippen LogP contribution in [0.5, 0.6) is 0 Å². The molecule has 2 N–H and O–H groups in total. The molecule has 0 radical (unpaired) electrons. The van der Waals surface area contributed by atoms with Gasteiger partial charge in [-0.2, -0.15) is 0 Å². The van der Waals surface area contributed by atoms with E-state index in [-0.39, 0.29) is 18.7 Å². The molecule has 16 heavy (non-hydrogen) atoms. The number of hydrogen-bond acceptors (Lipinski definition) is 2. The average Bonchev–Trinajstić information content (AvgIpc) is 2.69. The van der Waals surface area contributed by atoms with E-state index in [1.54, 1.807) is 4.90 Å². The van der Waals surface area contributed by atoms with E-state index in [9.17, 15) is 4.79 Å². The van der Waals surface area contributed by atoms with Crippen molar-refractivity contribution in [2.24, 2.45) is 0 Å². The smallest absolute Gasteiger partial charge is 0.318 e. The van der Waals surface area contributed by atoms with E-state index in [0.29, 0.717) is 19.5 Å². The maximum absolute atomic E-state index is 11.6. The molecular weight excluding hydrogens is 204 g/mol. The highest BCUT2D eigenvalue weighted by atomic mass is 16.3. The van der Waals surface area contributed by atoms with Gasteiger partial charge in [-0.25, -0.2) is 4.79 Å². The number of carbonyl (C=O) groups is 1. The number of urea groups is 1. The van der Waals surface area contributed by atoms with Crippen LogP contribution in [0.15, 0.2) is 30.3 Å². The van der Waals surface area contributed by atoms with Crippen LogP contribution in [0.3, 0.4) is 0 Å². The molecule has 0 aliphatic carbocycles. The lowest BCUT2D eigenvalue weighted by Crippen LogP contribution is -2.31. The van der Waals surface area contributed by atoms with Gasteiger partial charge in [0.2, 0.25) is 0 Å². The molecule has 1 aromatic carbocycles. The molecule has 1 aromatic rings. The van der Waals surface area contributed by atoms with Gasteiger partial charge in [0.05, 0.1) is 6.04 Å². The number of carbonyl (C=O) groups excluding carboxylic acids is 1. The third-order valence-electron chi connectivity index (χ3n) is 2.83. The lowest BCUT2D eigenvalue weighted by Gasteiger charge is -2.22. The van der Waals surface area contributed by atoms with Crippen molar-refractivity contribution in [1.82, 2.24) is 10.2 Å². The highest BCUT2D eigenvalue weighted by Gasteiger charge is 2.30. The lowest BCUT2D eigenvalue weighted by molar-refractivity contribution is 0.193. The van der Waals surface area contributed by atoms with E-state index in [4.69, 9.17) is 5.11 Å². The van der Waals surface area contributed by atoms with Gasteiger partial charge in [-0.3, -0.25) is 0 Å². The summed E-state index contributed by atoms with van der Waals surface area (Å²) >= 11 is 0. The van der Waals surface area contributed by atoms with Crippen LogP contribution in [-0.2, 0) is 0 Å². The zero-order chi connectivity index (χ0) is 11.4. The summed E-state index contributed by atoms with van der Waals surface area (Å²) in [6.45, 7) is 1.36. The Morgan fingerprint density at radius 3 is 2.81 bits per heavy atom. The van der Waals surface area contributed by atoms with Crippen LogP contribution < -0.4 is 5.32 Å². The summed E-state index contributed by atoms with van der Waals surface area (Å²) in [5, 5.41) is 11.6. The maximum atomic E-state index is 11.6. The first-order valence-electron chi connectivity index (χ1n) is 5.53. The number of hydrogen-bond donors (Lipinski definition) is 2. The Labute approximate surface area is 94.9 Å². The maximum Gasteiger partial charge on any atom is 0.318 e. The fraction of sp³-hybridized carbons (Fsp3) is 0.417. The van der Waals surface area contributed by atoms with Gasteiger partial charge in [0.1, 0.15) is 0 Å². The van der Waals surface area contributed by atoms with Gasteiger partial charge in [-0.1, -0.05) is 30.3 Å². The molecule has 4 nitrogen and oxygen atoms in total. The highest BCUT2D eigenvalue weighted by Crippen LogP contribution is 2.24. The third-order valence-corrected chi connectivity index (χ3v) is 2.83. The fourth-order valence-corrected chi connectivity index (χ4v) is 2.01. The monoisotopic (exact) mass is 220 g/mol. The first kappa shape index (κ1) is 11.0. The van der Waals surface area contributed by atoms with Crippen molar-refractivity contribution in [3.63, 3.8) is 0 Å². The number of aliphatic hydroxyl groups is 1. The summed E-state index contributed by atoms with van der Waals surface area (Å²) in [4.78, 5) is 13.4. The molecule has 1 atom stereocenters. The molecule has 2 rings (SSSR count). The van der Waals surface area contributed by atoms with Crippen molar-refractivity contribution in [3.05, 3.63) is 35.9 Å². The number of amides is 2. The molecule has 1 fully saturated rings.